The fourth-order valence-corrected chi connectivity index (χ4v) is 1.88. The Labute approximate surface area is 97.9 Å². The van der Waals surface area contributed by atoms with Crippen molar-refractivity contribution in [2.24, 2.45) is 9.98 Å². The average Bonchev–Trinajstić information content (AvgIpc) is 2.73. The van der Waals surface area contributed by atoms with Crippen molar-refractivity contribution in [1.29, 1.82) is 0 Å². The van der Waals surface area contributed by atoms with Crippen molar-refractivity contribution >= 4 is 11.6 Å². The summed E-state index contributed by atoms with van der Waals surface area (Å²) in [4.78, 5) is 9.08. The van der Waals surface area contributed by atoms with Crippen LogP contribution >= 0.6 is 11.6 Å². The molecule has 0 aromatic heterocycles. The van der Waals surface area contributed by atoms with Gasteiger partial charge in [-0.3, -0.25) is 9.98 Å². The summed E-state index contributed by atoms with van der Waals surface area (Å²) < 4.78 is 0. The Morgan fingerprint density at radius 3 is 1.94 bits per heavy atom. The van der Waals surface area contributed by atoms with Gasteiger partial charge in [0.15, 0.2) is 6.17 Å². The Morgan fingerprint density at radius 1 is 0.812 bits per heavy atom. The molecule has 0 spiro atoms. The highest BCUT2D eigenvalue weighted by atomic mass is 35.5. The van der Waals surface area contributed by atoms with Gasteiger partial charge in [0.2, 0.25) is 0 Å². The topological polar surface area (TPSA) is 24.7 Å². The third kappa shape index (κ3) is 1.61. The van der Waals surface area contributed by atoms with Crippen molar-refractivity contribution in [3.8, 4) is 0 Å². The van der Waals surface area contributed by atoms with Crippen molar-refractivity contribution in [2.75, 3.05) is 0 Å². The van der Waals surface area contributed by atoms with E-state index in [0.29, 0.717) is 0 Å². The van der Waals surface area contributed by atoms with Crippen LogP contribution in [-0.4, -0.2) is 0 Å². The average molecular weight is 229 g/mol. The second-order valence-corrected chi connectivity index (χ2v) is 4.11. The molecule has 0 unspecified atom stereocenters. The second-order valence-electron chi connectivity index (χ2n) is 3.67. The lowest BCUT2D eigenvalue weighted by atomic mass is 10.2. The molecule has 0 radical (unpaired) electrons. The van der Waals surface area contributed by atoms with E-state index in [1.807, 2.05) is 48.5 Å². The lowest BCUT2D eigenvalue weighted by Crippen LogP contribution is -2.19. The molecule has 1 aliphatic heterocycles. The van der Waals surface area contributed by atoms with E-state index < -0.39 is 0 Å². The summed E-state index contributed by atoms with van der Waals surface area (Å²) >= 11 is 5.85. The van der Waals surface area contributed by atoms with Crippen LogP contribution in [0, 0.1) is 0 Å². The van der Waals surface area contributed by atoms with E-state index in [1.54, 1.807) is 0 Å². The number of halogens is 1. The van der Waals surface area contributed by atoms with E-state index in [9.17, 15) is 0 Å². The quantitative estimate of drug-likeness (QED) is 0.716. The Balaban J connectivity index is 2.07. The van der Waals surface area contributed by atoms with Crippen molar-refractivity contribution in [1.82, 2.24) is 0 Å². The maximum absolute atomic E-state index is 5.85. The van der Waals surface area contributed by atoms with Gasteiger partial charge in [-0.15, -0.1) is 0 Å². The lowest BCUT2D eigenvalue weighted by Gasteiger charge is -2.03. The van der Waals surface area contributed by atoms with Crippen LogP contribution in [0.3, 0.4) is 0 Å². The molecule has 0 aliphatic carbocycles. The summed E-state index contributed by atoms with van der Waals surface area (Å²) in [6, 6.07) is 15.6. The first kappa shape index (κ1) is 9.55. The molecule has 0 saturated heterocycles. The minimum Gasteiger partial charge on any atom is -0.252 e. The van der Waals surface area contributed by atoms with Crippen LogP contribution in [0.4, 0.5) is 0 Å². The molecule has 0 atom stereocenters. The van der Waals surface area contributed by atoms with Crippen LogP contribution in [0.25, 0.3) is 0 Å². The van der Waals surface area contributed by atoms with Gasteiger partial charge in [0.05, 0.1) is 10.7 Å². The number of benzene rings is 2. The van der Waals surface area contributed by atoms with Gasteiger partial charge in [-0.2, -0.15) is 0 Å². The molecule has 0 bridgehead atoms. The molecule has 3 rings (SSSR count). The van der Waals surface area contributed by atoms with Crippen LogP contribution in [0.5, 0.6) is 0 Å². The molecule has 1 aliphatic rings. The zero-order valence-electron chi connectivity index (χ0n) is 8.47. The van der Waals surface area contributed by atoms with Gasteiger partial charge in [0, 0.05) is 5.02 Å². The summed E-state index contributed by atoms with van der Waals surface area (Å²) in [5.41, 5.74) is 1.07. The Kier molecular flexibility index (Phi) is 2.22. The largest absolute Gasteiger partial charge is 0.252 e. The number of rotatable bonds is 1. The number of hydrogen-bond acceptors (Lipinski definition) is 2. The Bertz CT molecular complexity index is 597. The highest BCUT2D eigenvalue weighted by Crippen LogP contribution is 2.20. The predicted molar refractivity (Wildman–Crippen MR) is 62.9 cm³/mol. The summed E-state index contributed by atoms with van der Waals surface area (Å²) in [5.74, 6) is 0. The molecule has 0 amide bonds. The monoisotopic (exact) mass is 228 g/mol. The fraction of sp³-hybridized carbons (Fsp3) is 0.0769. The molecule has 2 aromatic carbocycles. The van der Waals surface area contributed by atoms with Crippen molar-refractivity contribution in [3.05, 3.63) is 69.8 Å². The molecule has 0 saturated carbocycles. The minimum atomic E-state index is -0.116. The van der Waals surface area contributed by atoms with E-state index in [1.165, 1.54) is 0 Å². The predicted octanol–water partition coefficient (Wildman–Crippen LogP) is 2.29. The number of fused-ring (bicyclic) bond motifs is 1. The van der Waals surface area contributed by atoms with E-state index in [2.05, 4.69) is 9.98 Å². The SMILES string of the molecule is Clc1ccc(C2N=c3ccccc3=N2)cc1. The van der Waals surface area contributed by atoms with Gasteiger partial charge >= 0.3 is 0 Å². The van der Waals surface area contributed by atoms with Gasteiger partial charge in [0.25, 0.3) is 0 Å². The highest BCUT2D eigenvalue weighted by Gasteiger charge is 2.11. The van der Waals surface area contributed by atoms with Crippen molar-refractivity contribution < 1.29 is 0 Å². The summed E-state index contributed by atoms with van der Waals surface area (Å²) in [6.45, 7) is 0. The van der Waals surface area contributed by atoms with E-state index in [4.69, 9.17) is 11.6 Å². The standard InChI is InChI=1S/C13H9ClN2/c14-10-7-5-9(6-8-10)13-15-11-3-1-2-4-12(11)16-13/h1-8,13H. The highest BCUT2D eigenvalue weighted by molar-refractivity contribution is 6.30. The molecule has 78 valence electrons. The third-order valence-corrected chi connectivity index (χ3v) is 2.82. The molecular formula is C13H9ClN2. The zero-order chi connectivity index (χ0) is 11.0. The fourth-order valence-electron chi connectivity index (χ4n) is 1.76. The van der Waals surface area contributed by atoms with Crippen LogP contribution in [0.2, 0.25) is 5.02 Å². The number of para-hydroxylation sites is 2. The maximum Gasteiger partial charge on any atom is 0.166 e. The first-order chi connectivity index (χ1) is 7.83. The Hall–Kier alpha value is -1.67. The smallest absolute Gasteiger partial charge is 0.166 e. The van der Waals surface area contributed by atoms with Crippen LogP contribution in [0.15, 0.2) is 58.5 Å². The lowest BCUT2D eigenvalue weighted by molar-refractivity contribution is 0.771. The summed E-state index contributed by atoms with van der Waals surface area (Å²) in [6.07, 6.45) is -0.116. The van der Waals surface area contributed by atoms with Crippen molar-refractivity contribution in [3.63, 3.8) is 0 Å². The van der Waals surface area contributed by atoms with Crippen LogP contribution in [0.1, 0.15) is 11.7 Å². The number of nitrogens with zero attached hydrogens (tertiary/aromatic N) is 2. The Morgan fingerprint density at radius 2 is 1.38 bits per heavy atom. The van der Waals surface area contributed by atoms with Crippen LogP contribution < -0.4 is 10.7 Å². The maximum atomic E-state index is 5.85. The molecule has 16 heavy (non-hydrogen) atoms. The molecule has 2 nitrogen and oxygen atoms in total. The van der Waals surface area contributed by atoms with Gasteiger partial charge < -0.3 is 0 Å². The second kappa shape index (κ2) is 3.72. The third-order valence-electron chi connectivity index (χ3n) is 2.57. The normalized spacial score (nSPS) is 14.1. The van der Waals surface area contributed by atoms with E-state index in [0.717, 1.165) is 21.3 Å². The van der Waals surface area contributed by atoms with Gasteiger partial charge in [-0.25, -0.2) is 0 Å². The molecular weight excluding hydrogens is 220 g/mol. The van der Waals surface area contributed by atoms with Gasteiger partial charge in [-0.05, 0) is 29.8 Å². The van der Waals surface area contributed by atoms with E-state index in [-0.39, 0.29) is 6.17 Å². The van der Waals surface area contributed by atoms with Gasteiger partial charge in [0.1, 0.15) is 0 Å². The molecule has 0 fully saturated rings. The van der Waals surface area contributed by atoms with Gasteiger partial charge in [-0.1, -0.05) is 35.9 Å². The first-order valence-electron chi connectivity index (χ1n) is 5.09. The van der Waals surface area contributed by atoms with E-state index >= 15 is 0 Å². The summed E-state index contributed by atoms with van der Waals surface area (Å²) in [5, 5.41) is 2.66. The minimum absolute atomic E-state index is 0.116. The molecule has 1 heterocycles. The van der Waals surface area contributed by atoms with Crippen LogP contribution in [-0.2, 0) is 0 Å². The number of hydrogen-bond donors (Lipinski definition) is 0. The molecule has 3 heteroatoms. The molecule has 0 N–H and O–H groups in total. The zero-order valence-corrected chi connectivity index (χ0v) is 9.22. The summed E-state index contributed by atoms with van der Waals surface area (Å²) in [7, 11) is 0. The first-order valence-corrected chi connectivity index (χ1v) is 5.47. The molecule has 2 aromatic rings. The van der Waals surface area contributed by atoms with Crippen molar-refractivity contribution in [2.45, 2.75) is 6.17 Å².